The van der Waals surface area contributed by atoms with Gasteiger partial charge in [-0.2, -0.15) is 0 Å². The highest BCUT2D eigenvalue weighted by atomic mass is 15.2. The molecule has 0 atom stereocenters. The van der Waals surface area contributed by atoms with E-state index in [4.69, 9.17) is 0 Å². The average Bonchev–Trinajstić information content (AvgIpc) is 2.27. The van der Waals surface area contributed by atoms with Gasteiger partial charge in [-0.1, -0.05) is 13.5 Å². The zero-order chi connectivity index (χ0) is 11.5. The normalized spacial score (nSPS) is 10.7. The number of rotatable bonds is 10. The molecule has 15 heavy (non-hydrogen) atoms. The molecule has 90 valence electrons. The van der Waals surface area contributed by atoms with Gasteiger partial charge < -0.3 is 15.1 Å². The summed E-state index contributed by atoms with van der Waals surface area (Å²) < 4.78 is 0. The summed E-state index contributed by atoms with van der Waals surface area (Å²) >= 11 is 0. The number of hydrogen-bond acceptors (Lipinski definition) is 3. The van der Waals surface area contributed by atoms with Crippen LogP contribution in [0.5, 0.6) is 0 Å². The fourth-order valence-electron chi connectivity index (χ4n) is 1.57. The first-order chi connectivity index (χ1) is 7.28. The Labute approximate surface area is 95.1 Å². The maximum absolute atomic E-state index is 3.81. The van der Waals surface area contributed by atoms with E-state index in [1.165, 1.54) is 13.0 Å². The van der Waals surface area contributed by atoms with E-state index in [-0.39, 0.29) is 0 Å². The third-order valence-electron chi connectivity index (χ3n) is 2.59. The molecule has 0 aromatic heterocycles. The molecule has 0 heterocycles. The molecule has 0 saturated carbocycles. The van der Waals surface area contributed by atoms with Gasteiger partial charge in [0.25, 0.3) is 0 Å². The van der Waals surface area contributed by atoms with Crippen molar-refractivity contribution in [2.45, 2.75) is 20.3 Å². The SMILES string of the molecule is C=CN(CC)CCN(CCC)CCNC. The first-order valence-corrected chi connectivity index (χ1v) is 6.02. The van der Waals surface area contributed by atoms with Crippen LogP contribution in [0, 0.1) is 0 Å². The summed E-state index contributed by atoms with van der Waals surface area (Å²) in [6.45, 7) is 14.9. The number of likely N-dealkylation sites (N-methyl/N-ethyl adjacent to an activating group) is 2. The Morgan fingerprint density at radius 3 is 2.33 bits per heavy atom. The minimum absolute atomic E-state index is 1.05. The molecule has 1 N–H and O–H groups in total. The van der Waals surface area contributed by atoms with Crippen LogP contribution in [0.4, 0.5) is 0 Å². The van der Waals surface area contributed by atoms with Gasteiger partial charge in [-0.3, -0.25) is 0 Å². The Morgan fingerprint density at radius 1 is 1.13 bits per heavy atom. The van der Waals surface area contributed by atoms with E-state index >= 15 is 0 Å². The summed E-state index contributed by atoms with van der Waals surface area (Å²) in [5, 5.41) is 3.20. The molecule has 0 aliphatic carbocycles. The van der Waals surface area contributed by atoms with Gasteiger partial charge in [-0.05, 0) is 33.1 Å². The lowest BCUT2D eigenvalue weighted by molar-refractivity contribution is 0.242. The molecular weight excluding hydrogens is 186 g/mol. The van der Waals surface area contributed by atoms with Crippen molar-refractivity contribution in [1.82, 2.24) is 15.1 Å². The molecule has 0 unspecified atom stereocenters. The summed E-state index contributed by atoms with van der Waals surface area (Å²) in [5.74, 6) is 0. The Bertz CT molecular complexity index is 148. The van der Waals surface area contributed by atoms with Crippen LogP contribution in [0.2, 0.25) is 0 Å². The highest BCUT2D eigenvalue weighted by Gasteiger charge is 2.04. The zero-order valence-corrected chi connectivity index (χ0v) is 10.6. The third kappa shape index (κ3) is 7.40. The van der Waals surface area contributed by atoms with Crippen LogP contribution in [0.15, 0.2) is 12.8 Å². The Hall–Kier alpha value is -0.540. The lowest BCUT2D eigenvalue weighted by Gasteiger charge is -2.25. The predicted molar refractivity (Wildman–Crippen MR) is 68.1 cm³/mol. The number of nitrogens with zero attached hydrogens (tertiary/aromatic N) is 2. The maximum Gasteiger partial charge on any atom is 0.0299 e. The van der Waals surface area contributed by atoms with E-state index in [0.717, 1.165) is 32.7 Å². The fraction of sp³-hybridized carbons (Fsp3) is 0.833. The molecular formula is C12H27N3. The minimum Gasteiger partial charge on any atom is -0.377 e. The standard InChI is InChI=1S/C12H27N3/c1-5-9-15(10-8-13-4)12-11-14(6-2)7-3/h6,13H,2,5,7-12H2,1,3-4H3. The van der Waals surface area contributed by atoms with Gasteiger partial charge in [0.05, 0.1) is 0 Å². The van der Waals surface area contributed by atoms with Crippen molar-refractivity contribution >= 4 is 0 Å². The lowest BCUT2D eigenvalue weighted by atomic mass is 10.3. The van der Waals surface area contributed by atoms with Crippen LogP contribution in [0.1, 0.15) is 20.3 Å². The van der Waals surface area contributed by atoms with Crippen LogP contribution in [-0.2, 0) is 0 Å². The second kappa shape index (κ2) is 9.99. The second-order valence-electron chi connectivity index (χ2n) is 3.76. The van der Waals surface area contributed by atoms with Gasteiger partial charge in [-0.25, -0.2) is 0 Å². The monoisotopic (exact) mass is 213 g/mol. The van der Waals surface area contributed by atoms with E-state index in [0.29, 0.717) is 0 Å². The molecule has 0 aromatic rings. The van der Waals surface area contributed by atoms with E-state index in [1.54, 1.807) is 0 Å². The van der Waals surface area contributed by atoms with Crippen molar-refractivity contribution in [1.29, 1.82) is 0 Å². The smallest absolute Gasteiger partial charge is 0.0299 e. The first-order valence-electron chi connectivity index (χ1n) is 6.02. The van der Waals surface area contributed by atoms with Crippen molar-refractivity contribution in [3.05, 3.63) is 12.8 Å². The van der Waals surface area contributed by atoms with Crippen LogP contribution in [0.25, 0.3) is 0 Å². The fourth-order valence-corrected chi connectivity index (χ4v) is 1.57. The van der Waals surface area contributed by atoms with Gasteiger partial charge in [0.1, 0.15) is 0 Å². The number of hydrogen-bond donors (Lipinski definition) is 1. The highest BCUT2D eigenvalue weighted by Crippen LogP contribution is 1.94. The topological polar surface area (TPSA) is 18.5 Å². The van der Waals surface area contributed by atoms with E-state index in [9.17, 15) is 0 Å². The molecule has 0 amide bonds. The van der Waals surface area contributed by atoms with Crippen molar-refractivity contribution in [2.24, 2.45) is 0 Å². The second-order valence-corrected chi connectivity index (χ2v) is 3.76. The molecule has 0 saturated heterocycles. The van der Waals surface area contributed by atoms with Crippen LogP contribution in [-0.4, -0.2) is 56.1 Å². The van der Waals surface area contributed by atoms with Gasteiger partial charge in [0, 0.05) is 32.7 Å². The van der Waals surface area contributed by atoms with Crippen LogP contribution >= 0.6 is 0 Å². The zero-order valence-electron chi connectivity index (χ0n) is 10.6. The van der Waals surface area contributed by atoms with Gasteiger partial charge in [-0.15, -0.1) is 0 Å². The third-order valence-corrected chi connectivity index (χ3v) is 2.59. The predicted octanol–water partition coefficient (Wildman–Crippen LogP) is 1.38. The molecule has 0 spiro atoms. The Morgan fingerprint density at radius 2 is 1.87 bits per heavy atom. The molecule has 0 aromatic carbocycles. The van der Waals surface area contributed by atoms with Gasteiger partial charge in [0.2, 0.25) is 0 Å². The van der Waals surface area contributed by atoms with Crippen molar-refractivity contribution in [3.63, 3.8) is 0 Å². The summed E-state index contributed by atoms with van der Waals surface area (Å²) in [5.41, 5.74) is 0. The Kier molecular flexibility index (Phi) is 9.63. The van der Waals surface area contributed by atoms with Crippen molar-refractivity contribution < 1.29 is 0 Å². The first kappa shape index (κ1) is 14.5. The number of nitrogens with one attached hydrogen (secondary N) is 1. The van der Waals surface area contributed by atoms with Gasteiger partial charge >= 0.3 is 0 Å². The van der Waals surface area contributed by atoms with E-state index < -0.39 is 0 Å². The summed E-state index contributed by atoms with van der Waals surface area (Å²) in [6.07, 6.45) is 3.16. The highest BCUT2D eigenvalue weighted by molar-refractivity contribution is 4.71. The van der Waals surface area contributed by atoms with Crippen LogP contribution < -0.4 is 5.32 Å². The van der Waals surface area contributed by atoms with E-state index in [1.807, 2.05) is 13.2 Å². The molecule has 0 rings (SSSR count). The quantitative estimate of drug-likeness (QED) is 0.591. The minimum atomic E-state index is 1.05. The molecule has 0 fully saturated rings. The molecule has 3 heteroatoms. The Balaban J connectivity index is 3.77. The summed E-state index contributed by atoms with van der Waals surface area (Å²) in [4.78, 5) is 4.75. The molecule has 3 nitrogen and oxygen atoms in total. The molecule has 0 aliphatic heterocycles. The maximum atomic E-state index is 3.81. The summed E-state index contributed by atoms with van der Waals surface area (Å²) in [6, 6.07) is 0. The molecule has 0 bridgehead atoms. The van der Waals surface area contributed by atoms with Crippen LogP contribution in [0.3, 0.4) is 0 Å². The molecule has 0 aliphatic rings. The van der Waals surface area contributed by atoms with Gasteiger partial charge in [0.15, 0.2) is 0 Å². The average molecular weight is 213 g/mol. The largest absolute Gasteiger partial charge is 0.377 e. The van der Waals surface area contributed by atoms with E-state index in [2.05, 4.69) is 35.5 Å². The summed E-state index contributed by atoms with van der Waals surface area (Å²) in [7, 11) is 2.01. The molecule has 0 radical (unpaired) electrons. The van der Waals surface area contributed by atoms with Crippen molar-refractivity contribution in [3.8, 4) is 0 Å². The van der Waals surface area contributed by atoms with Crippen molar-refractivity contribution in [2.75, 3.05) is 46.3 Å². The lowest BCUT2D eigenvalue weighted by Crippen LogP contribution is -2.37.